The van der Waals surface area contributed by atoms with Crippen LogP contribution in [-0.2, 0) is 0 Å². The normalized spacial score (nSPS) is 15.9. The van der Waals surface area contributed by atoms with Crippen molar-refractivity contribution in [3.8, 4) is 11.5 Å². The minimum atomic E-state index is -0.0591. The molecule has 0 saturated carbocycles. The van der Waals surface area contributed by atoms with E-state index in [2.05, 4.69) is 6.92 Å². The van der Waals surface area contributed by atoms with Crippen molar-refractivity contribution in [2.24, 2.45) is 0 Å². The highest BCUT2D eigenvalue weighted by molar-refractivity contribution is 6.33. The number of halogens is 2. The molecule has 0 fully saturated rings. The topological polar surface area (TPSA) is 18.5 Å². The van der Waals surface area contributed by atoms with Crippen molar-refractivity contribution in [3.63, 3.8) is 0 Å². The summed E-state index contributed by atoms with van der Waals surface area (Å²) in [5.41, 5.74) is 0.948. The van der Waals surface area contributed by atoms with Gasteiger partial charge in [0, 0.05) is 17.5 Å². The number of fused-ring (bicyclic) bond motifs is 1. The van der Waals surface area contributed by atoms with E-state index in [0.29, 0.717) is 18.2 Å². The predicted octanol–water partition coefficient (Wildman–Crippen LogP) is 5.36. The smallest absolute Gasteiger partial charge is 0.162 e. The van der Waals surface area contributed by atoms with Crippen molar-refractivity contribution >= 4 is 23.2 Å². The number of alkyl halides is 1. The predicted molar refractivity (Wildman–Crippen MR) is 79.8 cm³/mol. The van der Waals surface area contributed by atoms with Crippen LogP contribution in [0.15, 0.2) is 12.1 Å². The van der Waals surface area contributed by atoms with Gasteiger partial charge in [0.2, 0.25) is 0 Å². The molecule has 19 heavy (non-hydrogen) atoms. The highest BCUT2D eigenvalue weighted by Crippen LogP contribution is 2.40. The maximum atomic E-state index is 6.45. The molecule has 0 amide bonds. The average Bonchev–Trinajstić information content (AvgIpc) is 2.62. The molecule has 0 saturated heterocycles. The van der Waals surface area contributed by atoms with Crippen LogP contribution in [0.1, 0.15) is 50.0 Å². The first-order valence-electron chi connectivity index (χ1n) is 6.95. The molecule has 0 aliphatic carbocycles. The zero-order valence-corrected chi connectivity index (χ0v) is 12.8. The lowest BCUT2D eigenvalue weighted by Gasteiger charge is -2.15. The van der Waals surface area contributed by atoms with Gasteiger partial charge in [0.25, 0.3) is 0 Å². The highest BCUT2D eigenvalue weighted by atomic mass is 35.5. The van der Waals surface area contributed by atoms with Gasteiger partial charge < -0.3 is 9.47 Å². The van der Waals surface area contributed by atoms with E-state index < -0.39 is 0 Å². The lowest BCUT2D eigenvalue weighted by molar-refractivity contribution is 0.297. The first kappa shape index (κ1) is 14.8. The molecule has 106 valence electrons. The molecule has 1 unspecified atom stereocenters. The Morgan fingerprint density at radius 1 is 1.16 bits per heavy atom. The number of hydrogen-bond acceptors (Lipinski definition) is 2. The van der Waals surface area contributed by atoms with Gasteiger partial charge in [-0.15, -0.1) is 11.6 Å². The Labute approximate surface area is 125 Å². The number of benzene rings is 1. The van der Waals surface area contributed by atoms with Crippen molar-refractivity contribution in [3.05, 3.63) is 22.7 Å². The van der Waals surface area contributed by atoms with Crippen LogP contribution in [0, 0.1) is 0 Å². The van der Waals surface area contributed by atoms with Crippen molar-refractivity contribution in [2.45, 2.75) is 44.4 Å². The molecule has 0 spiro atoms. The molecule has 0 aromatic heterocycles. The maximum absolute atomic E-state index is 6.45. The fourth-order valence-corrected chi connectivity index (χ4v) is 2.84. The molecule has 1 aliphatic heterocycles. The summed E-state index contributed by atoms with van der Waals surface area (Å²) in [6, 6.07) is 3.76. The largest absolute Gasteiger partial charge is 0.490 e. The Balaban J connectivity index is 2.14. The van der Waals surface area contributed by atoms with Crippen LogP contribution in [0.25, 0.3) is 0 Å². The minimum absolute atomic E-state index is 0.0591. The molecule has 0 bridgehead atoms. The van der Waals surface area contributed by atoms with E-state index in [1.165, 1.54) is 12.8 Å². The molecule has 1 atom stereocenters. The third-order valence-electron chi connectivity index (χ3n) is 3.27. The van der Waals surface area contributed by atoms with Crippen molar-refractivity contribution in [2.75, 3.05) is 13.2 Å². The molecular weight excluding hydrogens is 283 g/mol. The molecule has 2 rings (SSSR count). The van der Waals surface area contributed by atoms with E-state index in [1.807, 2.05) is 12.1 Å². The van der Waals surface area contributed by atoms with E-state index in [1.54, 1.807) is 0 Å². The van der Waals surface area contributed by atoms with Crippen molar-refractivity contribution < 1.29 is 9.47 Å². The first-order valence-corrected chi connectivity index (χ1v) is 7.77. The van der Waals surface area contributed by atoms with E-state index in [-0.39, 0.29) is 5.38 Å². The quantitative estimate of drug-likeness (QED) is 0.538. The van der Waals surface area contributed by atoms with Crippen LogP contribution >= 0.6 is 23.2 Å². The Morgan fingerprint density at radius 3 is 2.53 bits per heavy atom. The van der Waals surface area contributed by atoms with Crippen LogP contribution in [0.5, 0.6) is 11.5 Å². The average molecular weight is 303 g/mol. The summed E-state index contributed by atoms with van der Waals surface area (Å²) in [6.07, 6.45) is 5.34. The van der Waals surface area contributed by atoms with Gasteiger partial charge in [-0.2, -0.15) is 0 Å². The zero-order chi connectivity index (χ0) is 13.7. The standard InChI is InChI=1S/C15H20Cl2O2/c1-2-3-4-6-12(16)11-9-14-15(10-13(11)17)19-8-5-7-18-14/h9-10,12H,2-8H2,1H3. The van der Waals surface area contributed by atoms with Gasteiger partial charge in [-0.1, -0.05) is 37.8 Å². The maximum Gasteiger partial charge on any atom is 0.162 e. The summed E-state index contributed by atoms with van der Waals surface area (Å²) in [6.45, 7) is 3.53. The van der Waals surface area contributed by atoms with Crippen LogP contribution in [-0.4, -0.2) is 13.2 Å². The van der Waals surface area contributed by atoms with Gasteiger partial charge in [-0.25, -0.2) is 0 Å². The summed E-state index contributed by atoms with van der Waals surface area (Å²) in [4.78, 5) is 0. The minimum Gasteiger partial charge on any atom is -0.490 e. The molecule has 2 nitrogen and oxygen atoms in total. The van der Waals surface area contributed by atoms with Gasteiger partial charge in [0.1, 0.15) is 0 Å². The van der Waals surface area contributed by atoms with Gasteiger partial charge in [0.05, 0.1) is 18.6 Å². The van der Waals surface area contributed by atoms with E-state index in [0.717, 1.165) is 36.3 Å². The fourth-order valence-electron chi connectivity index (χ4n) is 2.17. The second kappa shape index (κ2) is 7.25. The number of unbranched alkanes of at least 4 members (excludes halogenated alkanes) is 2. The number of rotatable bonds is 5. The summed E-state index contributed by atoms with van der Waals surface area (Å²) in [5.74, 6) is 1.49. The van der Waals surface area contributed by atoms with Gasteiger partial charge in [0.15, 0.2) is 11.5 Å². The summed E-state index contributed by atoms with van der Waals surface area (Å²) in [5, 5.41) is 0.608. The lowest BCUT2D eigenvalue weighted by Crippen LogP contribution is -1.97. The second-order valence-corrected chi connectivity index (χ2v) is 5.77. The van der Waals surface area contributed by atoms with Crippen LogP contribution in [0.3, 0.4) is 0 Å². The number of hydrogen-bond donors (Lipinski definition) is 0. The summed E-state index contributed by atoms with van der Waals surface area (Å²) >= 11 is 12.8. The van der Waals surface area contributed by atoms with Gasteiger partial charge >= 0.3 is 0 Å². The van der Waals surface area contributed by atoms with Gasteiger partial charge in [-0.05, 0) is 18.1 Å². The molecule has 1 aromatic rings. The molecule has 1 heterocycles. The third-order valence-corrected chi connectivity index (χ3v) is 4.05. The monoisotopic (exact) mass is 302 g/mol. The lowest BCUT2D eigenvalue weighted by atomic mass is 10.0. The molecule has 1 aliphatic rings. The van der Waals surface area contributed by atoms with E-state index in [4.69, 9.17) is 32.7 Å². The molecule has 0 radical (unpaired) electrons. The fraction of sp³-hybridized carbons (Fsp3) is 0.600. The molecule has 1 aromatic carbocycles. The van der Waals surface area contributed by atoms with E-state index in [9.17, 15) is 0 Å². The first-order chi connectivity index (χ1) is 9.22. The van der Waals surface area contributed by atoms with Crippen LogP contribution < -0.4 is 9.47 Å². The number of ether oxygens (including phenoxy) is 2. The molecular formula is C15H20Cl2O2. The Bertz CT molecular complexity index is 421. The molecule has 4 heteroatoms. The van der Waals surface area contributed by atoms with Crippen molar-refractivity contribution in [1.82, 2.24) is 0 Å². The van der Waals surface area contributed by atoms with Gasteiger partial charge in [-0.3, -0.25) is 0 Å². The van der Waals surface area contributed by atoms with Crippen LogP contribution in [0.4, 0.5) is 0 Å². The SMILES string of the molecule is CCCCCC(Cl)c1cc2c(cc1Cl)OCCCO2. The summed E-state index contributed by atoms with van der Waals surface area (Å²) in [7, 11) is 0. The van der Waals surface area contributed by atoms with Crippen molar-refractivity contribution in [1.29, 1.82) is 0 Å². The Hall–Kier alpha value is -0.600. The third kappa shape index (κ3) is 3.93. The van der Waals surface area contributed by atoms with Crippen LogP contribution in [0.2, 0.25) is 5.02 Å². The Kier molecular flexibility index (Phi) is 5.65. The molecule has 0 N–H and O–H groups in total. The Morgan fingerprint density at radius 2 is 1.84 bits per heavy atom. The zero-order valence-electron chi connectivity index (χ0n) is 11.3. The van der Waals surface area contributed by atoms with E-state index >= 15 is 0 Å². The second-order valence-electron chi connectivity index (χ2n) is 4.83. The summed E-state index contributed by atoms with van der Waals surface area (Å²) < 4.78 is 11.3. The highest BCUT2D eigenvalue weighted by Gasteiger charge is 2.18.